The van der Waals surface area contributed by atoms with Gasteiger partial charge in [0.15, 0.2) is 0 Å². The smallest absolute Gasteiger partial charge is 0.311 e. The van der Waals surface area contributed by atoms with Gasteiger partial charge in [-0.3, -0.25) is 4.79 Å². The van der Waals surface area contributed by atoms with Crippen molar-refractivity contribution < 1.29 is 18.7 Å². The lowest BCUT2D eigenvalue weighted by Gasteiger charge is -2.36. The standard InChI is InChI=1S/C39H49FO3/c1-39(38(41)42-2)17-15-28(16-18-39)31-8-7-25(19-32-23-33(32)22-31)3-6-27-20-35(29-9-10-29)37(30-11-13-34(40)14-12-30)36(21-27)43-24-26-4-5-26/h11-14,20-22,25-26,28-29,32-33H,3-10,15-19,23-24H2,1-2H3. The summed E-state index contributed by atoms with van der Waals surface area (Å²) in [6.45, 7) is 2.89. The predicted molar refractivity (Wildman–Crippen MR) is 169 cm³/mol. The maximum Gasteiger partial charge on any atom is 0.311 e. The van der Waals surface area contributed by atoms with Crippen LogP contribution in [0.2, 0.25) is 0 Å². The molecule has 2 aromatic carbocycles. The Hall–Kier alpha value is -2.62. The van der Waals surface area contributed by atoms with E-state index in [0.717, 1.165) is 67.8 Å². The van der Waals surface area contributed by atoms with Gasteiger partial charge in [-0.15, -0.1) is 0 Å². The molecule has 0 radical (unpaired) electrons. The van der Waals surface area contributed by atoms with Gasteiger partial charge in [0.1, 0.15) is 11.6 Å². The van der Waals surface area contributed by atoms with E-state index in [4.69, 9.17) is 9.47 Å². The van der Waals surface area contributed by atoms with Crippen LogP contribution in [0.5, 0.6) is 5.75 Å². The van der Waals surface area contributed by atoms with Crippen molar-refractivity contribution in [3.05, 3.63) is 65.0 Å². The molecule has 7 rings (SSSR count). The van der Waals surface area contributed by atoms with Crippen LogP contribution in [0.25, 0.3) is 11.1 Å². The molecule has 3 nitrogen and oxygen atoms in total. The van der Waals surface area contributed by atoms with Gasteiger partial charge in [-0.2, -0.15) is 0 Å². The van der Waals surface area contributed by atoms with Crippen LogP contribution in [0, 0.1) is 40.8 Å². The van der Waals surface area contributed by atoms with Crippen LogP contribution >= 0.6 is 0 Å². The number of carbonyl (C=O) groups excluding carboxylic acids is 1. The van der Waals surface area contributed by atoms with Gasteiger partial charge in [0.2, 0.25) is 0 Å². The zero-order valence-corrected chi connectivity index (χ0v) is 26.2. The Bertz CT molecular complexity index is 1340. The Morgan fingerprint density at radius 3 is 2.40 bits per heavy atom. The third kappa shape index (κ3) is 6.74. The van der Waals surface area contributed by atoms with E-state index in [1.807, 2.05) is 12.1 Å². The second-order valence-electron chi connectivity index (χ2n) is 15.0. The third-order valence-electron chi connectivity index (χ3n) is 11.5. The van der Waals surface area contributed by atoms with E-state index in [0.29, 0.717) is 17.8 Å². The van der Waals surface area contributed by atoms with Crippen LogP contribution in [0.3, 0.4) is 0 Å². The maximum absolute atomic E-state index is 13.8. The van der Waals surface area contributed by atoms with Gasteiger partial charge >= 0.3 is 5.97 Å². The molecule has 0 N–H and O–H groups in total. The fourth-order valence-electron chi connectivity index (χ4n) is 8.16. The van der Waals surface area contributed by atoms with E-state index in [9.17, 15) is 9.18 Å². The topological polar surface area (TPSA) is 35.5 Å². The number of methoxy groups -OCH3 is 1. The number of benzene rings is 2. The first kappa shape index (κ1) is 29.1. The molecule has 0 bridgehead atoms. The third-order valence-corrected chi connectivity index (χ3v) is 11.5. The Labute approximate surface area is 257 Å². The summed E-state index contributed by atoms with van der Waals surface area (Å²) in [6, 6.07) is 11.8. The minimum absolute atomic E-state index is 0.0310. The highest BCUT2D eigenvalue weighted by atomic mass is 19.1. The van der Waals surface area contributed by atoms with Crippen molar-refractivity contribution in [2.45, 2.75) is 103 Å². The van der Waals surface area contributed by atoms with E-state index in [1.165, 1.54) is 81.6 Å². The molecule has 5 aliphatic carbocycles. The molecule has 0 aliphatic heterocycles. The van der Waals surface area contributed by atoms with Gasteiger partial charge in [-0.25, -0.2) is 4.39 Å². The summed E-state index contributed by atoms with van der Waals surface area (Å²) in [4.78, 5) is 12.4. The molecule has 3 unspecified atom stereocenters. The van der Waals surface area contributed by atoms with Crippen molar-refractivity contribution in [1.29, 1.82) is 0 Å². The van der Waals surface area contributed by atoms with Gasteiger partial charge in [0, 0.05) is 5.56 Å². The number of allylic oxidation sites excluding steroid dienone is 2. The van der Waals surface area contributed by atoms with Gasteiger partial charge in [0.05, 0.1) is 19.1 Å². The van der Waals surface area contributed by atoms with Crippen molar-refractivity contribution in [1.82, 2.24) is 0 Å². The molecule has 3 atom stereocenters. The number of esters is 1. The zero-order chi connectivity index (χ0) is 29.6. The van der Waals surface area contributed by atoms with Gasteiger partial charge in [-0.1, -0.05) is 29.8 Å². The Morgan fingerprint density at radius 1 is 0.930 bits per heavy atom. The largest absolute Gasteiger partial charge is 0.493 e. The molecule has 230 valence electrons. The van der Waals surface area contributed by atoms with Gasteiger partial charge < -0.3 is 9.47 Å². The lowest BCUT2D eigenvalue weighted by Crippen LogP contribution is -2.34. The van der Waals surface area contributed by atoms with Gasteiger partial charge in [-0.05, 0) is 167 Å². The number of hydrogen-bond acceptors (Lipinski definition) is 3. The first-order valence-corrected chi connectivity index (χ1v) is 17.2. The number of ether oxygens (including phenoxy) is 2. The fraction of sp³-hybridized carbons (Fsp3) is 0.615. The summed E-state index contributed by atoms with van der Waals surface area (Å²) in [6.07, 6.45) is 19.4. The Kier molecular flexibility index (Phi) is 8.16. The lowest BCUT2D eigenvalue weighted by molar-refractivity contribution is -0.154. The summed E-state index contributed by atoms with van der Waals surface area (Å²) in [5.74, 6) is 5.14. The van der Waals surface area contributed by atoms with Crippen LogP contribution in [0.15, 0.2) is 48.0 Å². The molecule has 0 amide bonds. The molecule has 5 aliphatic rings. The monoisotopic (exact) mass is 584 g/mol. The number of halogens is 1. The first-order valence-electron chi connectivity index (χ1n) is 17.2. The van der Waals surface area contributed by atoms with E-state index >= 15 is 0 Å². The summed E-state index contributed by atoms with van der Waals surface area (Å²) in [5, 5.41) is 0. The van der Waals surface area contributed by atoms with Crippen LogP contribution in [0.4, 0.5) is 4.39 Å². The zero-order valence-electron chi connectivity index (χ0n) is 26.2. The van der Waals surface area contributed by atoms with E-state index in [2.05, 4.69) is 25.1 Å². The second kappa shape index (κ2) is 12.1. The average molecular weight is 585 g/mol. The first-order chi connectivity index (χ1) is 20.9. The number of aryl methyl sites for hydroxylation is 1. The Morgan fingerprint density at radius 2 is 1.70 bits per heavy atom. The number of fused-ring (bicyclic) bond motifs is 1. The molecule has 0 spiro atoms. The molecule has 43 heavy (non-hydrogen) atoms. The predicted octanol–water partition coefficient (Wildman–Crippen LogP) is 9.82. The summed E-state index contributed by atoms with van der Waals surface area (Å²) >= 11 is 0. The quantitative estimate of drug-likeness (QED) is 0.206. The molecular weight excluding hydrogens is 535 g/mol. The van der Waals surface area contributed by atoms with Gasteiger partial charge in [0.25, 0.3) is 0 Å². The van der Waals surface area contributed by atoms with Crippen LogP contribution in [-0.4, -0.2) is 19.7 Å². The number of rotatable bonds is 10. The highest BCUT2D eigenvalue weighted by Crippen LogP contribution is 2.52. The van der Waals surface area contributed by atoms with Crippen molar-refractivity contribution >= 4 is 5.97 Å². The summed E-state index contributed by atoms with van der Waals surface area (Å²) in [7, 11) is 1.53. The van der Waals surface area contributed by atoms with Crippen molar-refractivity contribution in [3.63, 3.8) is 0 Å². The van der Waals surface area contributed by atoms with Crippen LogP contribution in [-0.2, 0) is 16.0 Å². The fourth-order valence-corrected chi connectivity index (χ4v) is 8.16. The molecule has 4 saturated carbocycles. The Balaban J connectivity index is 1.04. The van der Waals surface area contributed by atoms with Crippen molar-refractivity contribution in [2.75, 3.05) is 13.7 Å². The molecule has 0 aromatic heterocycles. The highest BCUT2D eigenvalue weighted by Gasteiger charge is 2.42. The molecule has 4 fully saturated rings. The number of hydrogen-bond donors (Lipinski definition) is 0. The van der Waals surface area contributed by atoms with Crippen molar-refractivity contribution in [3.8, 4) is 16.9 Å². The van der Waals surface area contributed by atoms with E-state index < -0.39 is 0 Å². The molecule has 0 heterocycles. The molecule has 0 saturated heterocycles. The average Bonchev–Trinajstić information content (AvgIpc) is 3.87. The lowest BCUT2D eigenvalue weighted by atomic mass is 9.68. The molecular formula is C39H49FO3. The minimum atomic E-state index is -0.301. The summed E-state index contributed by atoms with van der Waals surface area (Å²) < 4.78 is 25.5. The van der Waals surface area contributed by atoms with Crippen molar-refractivity contribution in [2.24, 2.45) is 35.0 Å². The second-order valence-corrected chi connectivity index (χ2v) is 15.0. The van der Waals surface area contributed by atoms with E-state index in [1.54, 1.807) is 17.7 Å². The number of carbonyl (C=O) groups is 1. The normalized spacial score (nSPS) is 30.4. The highest BCUT2D eigenvalue weighted by molar-refractivity contribution is 5.77. The van der Waals surface area contributed by atoms with Crippen LogP contribution < -0.4 is 4.74 Å². The molecule has 2 aromatic rings. The van der Waals surface area contributed by atoms with E-state index in [-0.39, 0.29) is 17.2 Å². The maximum atomic E-state index is 13.8. The molecule has 4 heteroatoms. The van der Waals surface area contributed by atoms with Crippen LogP contribution in [0.1, 0.15) is 107 Å². The summed E-state index contributed by atoms with van der Waals surface area (Å²) in [5.41, 5.74) is 6.50. The minimum Gasteiger partial charge on any atom is -0.493 e. The SMILES string of the molecule is COC(=O)C1(C)CCC(C2=CC3CC3CC(CCc3cc(OCC4CC4)c(-c4ccc(F)cc4)c(C4CC4)c3)CC2)CC1.